The van der Waals surface area contributed by atoms with Crippen LogP contribution in [-0.2, 0) is 10.7 Å². The molecule has 1 aromatic carbocycles. The van der Waals surface area contributed by atoms with E-state index in [1.807, 2.05) is 0 Å². The minimum atomic E-state index is -3.43. The van der Waals surface area contributed by atoms with E-state index in [1.165, 1.54) is 29.2 Å². The Morgan fingerprint density at radius 1 is 1.14 bits per heavy atom. The molecule has 2 heterocycles. The maximum atomic E-state index is 14.3. The lowest BCUT2D eigenvalue weighted by atomic mass is 9.77. The number of rotatable bonds is 2. The molecule has 0 unspecified atom stereocenters. The number of halogens is 3. The molecule has 1 spiro atoms. The predicted octanol–water partition coefficient (Wildman–Crippen LogP) is 2.80. The molecule has 3 rings (SSSR count). The Balaban J connectivity index is 0.00000176. The van der Waals surface area contributed by atoms with E-state index in [2.05, 4.69) is 5.32 Å². The number of alkyl halides is 2. The number of carbonyl (C=O) groups is 1. The molecule has 122 valence electrons. The van der Waals surface area contributed by atoms with Crippen molar-refractivity contribution in [3.8, 4) is 0 Å². The van der Waals surface area contributed by atoms with Crippen molar-refractivity contribution >= 4 is 18.3 Å². The number of nitrogens with zero attached hydrogens (tertiary/aromatic N) is 1. The van der Waals surface area contributed by atoms with Crippen LogP contribution in [0.25, 0.3) is 0 Å². The lowest BCUT2D eigenvalue weighted by molar-refractivity contribution is -0.161. The Kier molecular flexibility index (Phi) is 5.07. The molecule has 2 fully saturated rings. The lowest BCUT2D eigenvalue weighted by Gasteiger charge is -2.39. The van der Waals surface area contributed by atoms with Gasteiger partial charge in [-0.05, 0) is 31.2 Å². The molecule has 3 nitrogen and oxygen atoms in total. The number of benzene rings is 1. The summed E-state index contributed by atoms with van der Waals surface area (Å²) in [7, 11) is 0. The second-order valence-corrected chi connectivity index (χ2v) is 6.16. The Labute approximate surface area is 135 Å². The third-order valence-electron chi connectivity index (χ3n) is 4.85. The van der Waals surface area contributed by atoms with Crippen LogP contribution in [0.3, 0.4) is 0 Å². The first-order valence-corrected chi connectivity index (χ1v) is 7.47. The molecule has 2 saturated heterocycles. The number of carbonyl (C=O) groups excluding carboxylic acids is 1. The molecule has 0 aliphatic carbocycles. The van der Waals surface area contributed by atoms with Crippen LogP contribution in [0.2, 0.25) is 0 Å². The fraction of sp³-hybridized carbons (Fsp3) is 0.562. The summed E-state index contributed by atoms with van der Waals surface area (Å²) in [5.74, 6) is -4.49. The maximum Gasteiger partial charge on any atom is 0.349 e. The SMILES string of the molecule is Cl.O=C(N1CCC2(CCNC2)CC1)C(F)(F)c1ccccc1. The first-order valence-electron chi connectivity index (χ1n) is 7.47. The third-order valence-corrected chi connectivity index (χ3v) is 4.85. The van der Waals surface area contributed by atoms with Crippen molar-refractivity contribution in [3.63, 3.8) is 0 Å². The zero-order valence-corrected chi connectivity index (χ0v) is 13.2. The summed E-state index contributed by atoms with van der Waals surface area (Å²) in [6.07, 6.45) is 2.72. The van der Waals surface area contributed by atoms with E-state index in [4.69, 9.17) is 0 Å². The van der Waals surface area contributed by atoms with Crippen LogP contribution in [0, 0.1) is 5.41 Å². The minimum Gasteiger partial charge on any atom is -0.337 e. The van der Waals surface area contributed by atoms with E-state index in [0.717, 1.165) is 32.4 Å². The van der Waals surface area contributed by atoms with Crippen LogP contribution in [0.5, 0.6) is 0 Å². The second kappa shape index (κ2) is 6.50. The van der Waals surface area contributed by atoms with Gasteiger partial charge >= 0.3 is 5.92 Å². The highest BCUT2D eigenvalue weighted by molar-refractivity contribution is 5.85. The molecule has 0 bridgehead atoms. The van der Waals surface area contributed by atoms with Crippen molar-refractivity contribution < 1.29 is 13.6 Å². The second-order valence-electron chi connectivity index (χ2n) is 6.16. The van der Waals surface area contributed by atoms with Crippen molar-refractivity contribution in [2.24, 2.45) is 5.41 Å². The van der Waals surface area contributed by atoms with Gasteiger partial charge in [-0.2, -0.15) is 8.78 Å². The summed E-state index contributed by atoms with van der Waals surface area (Å²) in [6.45, 7) is 2.81. The molecule has 2 aliphatic rings. The van der Waals surface area contributed by atoms with Gasteiger partial charge in [0.05, 0.1) is 0 Å². The van der Waals surface area contributed by atoms with Crippen molar-refractivity contribution in [3.05, 3.63) is 35.9 Å². The van der Waals surface area contributed by atoms with Crippen LogP contribution in [0.4, 0.5) is 8.78 Å². The number of hydrogen-bond donors (Lipinski definition) is 1. The van der Waals surface area contributed by atoms with Crippen LogP contribution in [-0.4, -0.2) is 37.0 Å². The van der Waals surface area contributed by atoms with Gasteiger partial charge < -0.3 is 10.2 Å². The standard InChI is InChI=1S/C16H20F2N2O.ClH/c17-16(18,13-4-2-1-3-5-13)14(21)20-10-7-15(8-11-20)6-9-19-12-15;/h1-5,19H,6-12H2;1H. The number of hydrogen-bond acceptors (Lipinski definition) is 2. The van der Waals surface area contributed by atoms with Gasteiger partial charge in [0.1, 0.15) is 0 Å². The van der Waals surface area contributed by atoms with Crippen LogP contribution in [0.15, 0.2) is 30.3 Å². The van der Waals surface area contributed by atoms with Crippen molar-refractivity contribution in [1.29, 1.82) is 0 Å². The first kappa shape index (κ1) is 17.2. The summed E-state index contributed by atoms with van der Waals surface area (Å²) in [4.78, 5) is 13.5. The maximum absolute atomic E-state index is 14.3. The lowest BCUT2D eigenvalue weighted by Crippen LogP contribution is -2.48. The smallest absolute Gasteiger partial charge is 0.337 e. The number of nitrogens with one attached hydrogen (secondary N) is 1. The summed E-state index contributed by atoms with van der Waals surface area (Å²) in [6, 6.07) is 7.36. The highest BCUT2D eigenvalue weighted by Gasteiger charge is 2.46. The van der Waals surface area contributed by atoms with E-state index in [1.54, 1.807) is 6.07 Å². The van der Waals surface area contributed by atoms with Crippen LogP contribution in [0.1, 0.15) is 24.8 Å². The topological polar surface area (TPSA) is 32.3 Å². The van der Waals surface area contributed by atoms with E-state index >= 15 is 0 Å². The van der Waals surface area contributed by atoms with Crippen molar-refractivity contribution in [2.75, 3.05) is 26.2 Å². The Morgan fingerprint density at radius 2 is 1.77 bits per heavy atom. The van der Waals surface area contributed by atoms with Gasteiger partial charge in [0.2, 0.25) is 0 Å². The molecule has 22 heavy (non-hydrogen) atoms. The number of likely N-dealkylation sites (tertiary alicyclic amines) is 1. The summed E-state index contributed by atoms with van der Waals surface area (Å²) >= 11 is 0. The monoisotopic (exact) mass is 330 g/mol. The molecule has 0 radical (unpaired) electrons. The molecule has 2 aliphatic heterocycles. The Morgan fingerprint density at radius 3 is 2.32 bits per heavy atom. The summed E-state index contributed by atoms with van der Waals surface area (Å²) < 4.78 is 28.6. The zero-order valence-electron chi connectivity index (χ0n) is 12.4. The van der Waals surface area contributed by atoms with Crippen molar-refractivity contribution in [2.45, 2.75) is 25.2 Å². The first-order chi connectivity index (χ1) is 10.0. The van der Waals surface area contributed by atoms with Crippen LogP contribution >= 0.6 is 12.4 Å². The molecular weight excluding hydrogens is 310 g/mol. The predicted molar refractivity (Wildman–Crippen MR) is 83.3 cm³/mol. The number of piperidine rings is 1. The highest BCUT2D eigenvalue weighted by Crippen LogP contribution is 2.39. The van der Waals surface area contributed by atoms with Gasteiger partial charge in [0.15, 0.2) is 0 Å². The third kappa shape index (κ3) is 3.10. The van der Waals surface area contributed by atoms with Crippen molar-refractivity contribution in [1.82, 2.24) is 10.2 Å². The van der Waals surface area contributed by atoms with Gasteiger partial charge in [0, 0.05) is 25.2 Å². The molecule has 6 heteroatoms. The summed E-state index contributed by atoms with van der Waals surface area (Å²) in [5, 5.41) is 3.33. The normalized spacial score (nSPS) is 20.7. The summed E-state index contributed by atoms with van der Waals surface area (Å²) in [5.41, 5.74) is -0.00320. The molecule has 1 N–H and O–H groups in total. The van der Waals surface area contributed by atoms with Gasteiger partial charge in [-0.1, -0.05) is 30.3 Å². The zero-order chi connectivity index (χ0) is 14.9. The van der Waals surface area contributed by atoms with Crippen LogP contribution < -0.4 is 5.32 Å². The Hall–Kier alpha value is -1.20. The fourth-order valence-corrected chi connectivity index (χ4v) is 3.38. The molecule has 0 aromatic heterocycles. The highest BCUT2D eigenvalue weighted by atomic mass is 35.5. The van der Waals surface area contributed by atoms with Gasteiger partial charge in [-0.3, -0.25) is 4.79 Å². The van der Waals surface area contributed by atoms with Gasteiger partial charge in [0.25, 0.3) is 5.91 Å². The van der Waals surface area contributed by atoms with E-state index in [-0.39, 0.29) is 23.4 Å². The number of amides is 1. The molecular formula is C16H21ClF2N2O. The van der Waals surface area contributed by atoms with E-state index in [9.17, 15) is 13.6 Å². The average Bonchev–Trinajstić information content (AvgIpc) is 2.96. The molecule has 0 saturated carbocycles. The van der Waals surface area contributed by atoms with E-state index in [0.29, 0.717) is 13.1 Å². The Bertz CT molecular complexity index is 508. The quantitative estimate of drug-likeness (QED) is 0.904. The molecule has 1 amide bonds. The molecule has 1 aromatic rings. The van der Waals surface area contributed by atoms with Gasteiger partial charge in [-0.25, -0.2) is 0 Å². The largest absolute Gasteiger partial charge is 0.349 e. The fourth-order valence-electron chi connectivity index (χ4n) is 3.38. The minimum absolute atomic E-state index is 0. The van der Waals surface area contributed by atoms with E-state index < -0.39 is 11.8 Å². The molecule has 0 atom stereocenters. The van der Waals surface area contributed by atoms with Gasteiger partial charge in [-0.15, -0.1) is 12.4 Å². The average molecular weight is 331 g/mol.